The second kappa shape index (κ2) is 7.85. The number of ether oxygens (including phenoxy) is 1. The number of hydrogen-bond acceptors (Lipinski definition) is 5. The summed E-state index contributed by atoms with van der Waals surface area (Å²) in [6, 6.07) is 7.95. The lowest BCUT2D eigenvalue weighted by atomic mass is 9.98. The van der Waals surface area contributed by atoms with Gasteiger partial charge in [0.2, 0.25) is 0 Å². The van der Waals surface area contributed by atoms with Gasteiger partial charge < -0.3 is 25.6 Å². The van der Waals surface area contributed by atoms with Crippen LogP contribution in [0.5, 0.6) is 5.75 Å². The number of carbonyl (C=O) groups excluding carboxylic acids is 1. The van der Waals surface area contributed by atoms with Gasteiger partial charge in [-0.15, -0.1) is 0 Å². The van der Waals surface area contributed by atoms with E-state index < -0.39 is 6.09 Å². The molecule has 2 fully saturated rings. The SMILES string of the molecule is CN1CCC(N2CCC(NC(=O)Oc3ccccc3N)CC2)CC1. The van der Waals surface area contributed by atoms with E-state index in [4.69, 9.17) is 10.5 Å². The summed E-state index contributed by atoms with van der Waals surface area (Å²) >= 11 is 0. The van der Waals surface area contributed by atoms with E-state index in [9.17, 15) is 4.79 Å². The van der Waals surface area contributed by atoms with Crippen LogP contribution in [0, 0.1) is 0 Å². The van der Waals surface area contributed by atoms with E-state index in [1.807, 2.05) is 6.07 Å². The molecule has 132 valence electrons. The van der Waals surface area contributed by atoms with Crippen molar-refractivity contribution >= 4 is 11.8 Å². The molecule has 0 spiro atoms. The van der Waals surface area contributed by atoms with Crippen molar-refractivity contribution in [3.8, 4) is 5.75 Å². The molecular formula is C18H28N4O2. The molecule has 2 aliphatic heterocycles. The summed E-state index contributed by atoms with van der Waals surface area (Å²) in [5, 5.41) is 2.97. The van der Waals surface area contributed by atoms with Gasteiger partial charge in [-0.1, -0.05) is 12.1 Å². The Bertz CT molecular complexity index is 550. The molecule has 2 aliphatic rings. The van der Waals surface area contributed by atoms with E-state index in [-0.39, 0.29) is 6.04 Å². The number of para-hydroxylation sites is 2. The van der Waals surface area contributed by atoms with Crippen LogP contribution in [0.4, 0.5) is 10.5 Å². The van der Waals surface area contributed by atoms with E-state index in [1.165, 1.54) is 25.9 Å². The maximum absolute atomic E-state index is 12.0. The first-order valence-corrected chi connectivity index (χ1v) is 8.87. The van der Waals surface area contributed by atoms with Gasteiger partial charge in [0, 0.05) is 25.2 Å². The van der Waals surface area contributed by atoms with Crippen LogP contribution in [0.15, 0.2) is 24.3 Å². The summed E-state index contributed by atoms with van der Waals surface area (Å²) in [7, 11) is 2.19. The molecule has 6 heteroatoms. The van der Waals surface area contributed by atoms with Crippen LogP contribution in [0.25, 0.3) is 0 Å². The molecule has 6 nitrogen and oxygen atoms in total. The van der Waals surface area contributed by atoms with Crippen LogP contribution in [-0.4, -0.2) is 61.2 Å². The molecule has 2 heterocycles. The smallest absolute Gasteiger partial charge is 0.408 e. The molecule has 0 aromatic heterocycles. The first kappa shape index (κ1) is 17.0. The molecule has 1 amide bonds. The van der Waals surface area contributed by atoms with Gasteiger partial charge in [-0.25, -0.2) is 4.79 Å². The molecular weight excluding hydrogens is 304 g/mol. The third-order valence-electron chi connectivity index (χ3n) is 5.18. The normalized spacial score (nSPS) is 21.5. The second-order valence-corrected chi connectivity index (χ2v) is 6.92. The van der Waals surface area contributed by atoms with E-state index in [1.54, 1.807) is 18.2 Å². The van der Waals surface area contributed by atoms with E-state index in [2.05, 4.69) is 22.2 Å². The number of nitrogens with zero attached hydrogens (tertiary/aromatic N) is 2. The largest absolute Gasteiger partial charge is 0.412 e. The maximum Gasteiger partial charge on any atom is 0.412 e. The van der Waals surface area contributed by atoms with Crippen molar-refractivity contribution in [2.24, 2.45) is 0 Å². The van der Waals surface area contributed by atoms with Crippen molar-refractivity contribution in [1.82, 2.24) is 15.1 Å². The summed E-state index contributed by atoms with van der Waals surface area (Å²) in [5.41, 5.74) is 6.27. The molecule has 0 bridgehead atoms. The number of carbonyl (C=O) groups is 1. The third kappa shape index (κ3) is 4.39. The van der Waals surface area contributed by atoms with Crippen molar-refractivity contribution in [3.63, 3.8) is 0 Å². The fourth-order valence-corrected chi connectivity index (χ4v) is 3.64. The minimum atomic E-state index is -0.411. The lowest BCUT2D eigenvalue weighted by molar-refractivity contribution is 0.0918. The maximum atomic E-state index is 12.0. The highest BCUT2D eigenvalue weighted by molar-refractivity contribution is 5.73. The fraction of sp³-hybridized carbons (Fsp3) is 0.611. The number of likely N-dealkylation sites (tertiary alicyclic amines) is 2. The zero-order valence-electron chi connectivity index (χ0n) is 14.4. The van der Waals surface area contributed by atoms with E-state index in [0.717, 1.165) is 25.9 Å². The zero-order valence-corrected chi connectivity index (χ0v) is 14.4. The number of hydrogen-bond donors (Lipinski definition) is 2. The molecule has 1 aromatic rings. The molecule has 2 saturated heterocycles. The minimum Gasteiger partial charge on any atom is -0.408 e. The number of benzene rings is 1. The summed E-state index contributed by atoms with van der Waals surface area (Å²) in [6.45, 7) is 4.47. The number of nitrogens with one attached hydrogen (secondary N) is 1. The number of amides is 1. The van der Waals surface area contributed by atoms with E-state index in [0.29, 0.717) is 17.5 Å². The van der Waals surface area contributed by atoms with Crippen LogP contribution in [0.3, 0.4) is 0 Å². The predicted octanol–water partition coefficient (Wildman–Crippen LogP) is 1.92. The van der Waals surface area contributed by atoms with Crippen LogP contribution < -0.4 is 15.8 Å². The average molecular weight is 332 g/mol. The third-order valence-corrected chi connectivity index (χ3v) is 5.18. The average Bonchev–Trinajstić information content (AvgIpc) is 2.58. The Balaban J connectivity index is 1.42. The molecule has 1 aromatic carbocycles. The zero-order chi connectivity index (χ0) is 16.9. The Morgan fingerprint density at radius 2 is 1.79 bits per heavy atom. The minimum absolute atomic E-state index is 0.185. The molecule has 3 N–H and O–H groups in total. The van der Waals surface area contributed by atoms with Gasteiger partial charge in [0.25, 0.3) is 0 Å². The topological polar surface area (TPSA) is 70.8 Å². The molecule has 0 unspecified atom stereocenters. The Kier molecular flexibility index (Phi) is 5.58. The van der Waals surface area contributed by atoms with Crippen LogP contribution in [0.2, 0.25) is 0 Å². The van der Waals surface area contributed by atoms with Gasteiger partial charge in [0.05, 0.1) is 5.69 Å². The molecule has 0 radical (unpaired) electrons. The van der Waals surface area contributed by atoms with Crippen molar-refractivity contribution in [1.29, 1.82) is 0 Å². The summed E-state index contributed by atoms with van der Waals surface area (Å²) in [6.07, 6.45) is 4.05. The summed E-state index contributed by atoms with van der Waals surface area (Å²) in [5.74, 6) is 0.416. The Morgan fingerprint density at radius 3 is 2.46 bits per heavy atom. The highest BCUT2D eigenvalue weighted by atomic mass is 16.6. The Morgan fingerprint density at radius 1 is 1.12 bits per heavy atom. The summed E-state index contributed by atoms with van der Waals surface area (Å²) < 4.78 is 5.31. The van der Waals surface area contributed by atoms with Crippen LogP contribution in [-0.2, 0) is 0 Å². The molecule has 0 saturated carbocycles. The Labute approximate surface area is 143 Å². The highest BCUT2D eigenvalue weighted by Gasteiger charge is 2.28. The number of anilines is 1. The second-order valence-electron chi connectivity index (χ2n) is 6.92. The van der Waals surface area contributed by atoms with E-state index >= 15 is 0 Å². The van der Waals surface area contributed by atoms with Crippen LogP contribution in [0.1, 0.15) is 25.7 Å². The Hall–Kier alpha value is -1.79. The first-order chi connectivity index (χ1) is 11.6. The fourth-order valence-electron chi connectivity index (χ4n) is 3.64. The van der Waals surface area contributed by atoms with Crippen molar-refractivity contribution < 1.29 is 9.53 Å². The highest BCUT2D eigenvalue weighted by Crippen LogP contribution is 2.22. The van der Waals surface area contributed by atoms with Crippen LogP contribution >= 0.6 is 0 Å². The molecule has 24 heavy (non-hydrogen) atoms. The number of nitrogens with two attached hydrogens (primary N) is 1. The first-order valence-electron chi connectivity index (χ1n) is 8.87. The lowest BCUT2D eigenvalue weighted by Crippen LogP contribution is -2.51. The standard InChI is InChI=1S/C18H28N4O2/c1-21-10-8-15(9-11-21)22-12-6-14(7-13-22)20-18(23)24-17-5-3-2-4-16(17)19/h2-5,14-15H,6-13,19H2,1H3,(H,20,23). The van der Waals surface area contributed by atoms with Crippen molar-refractivity contribution in [2.45, 2.75) is 37.8 Å². The quantitative estimate of drug-likeness (QED) is 0.828. The van der Waals surface area contributed by atoms with Crippen molar-refractivity contribution in [2.75, 3.05) is 39.0 Å². The van der Waals surface area contributed by atoms with Gasteiger partial charge in [-0.2, -0.15) is 0 Å². The predicted molar refractivity (Wildman–Crippen MR) is 95.1 cm³/mol. The monoisotopic (exact) mass is 332 g/mol. The van der Waals surface area contributed by atoms with Crippen molar-refractivity contribution in [3.05, 3.63) is 24.3 Å². The lowest BCUT2D eigenvalue weighted by Gasteiger charge is -2.41. The molecule has 0 atom stereocenters. The summed E-state index contributed by atoms with van der Waals surface area (Å²) in [4.78, 5) is 17.0. The number of nitrogen functional groups attached to an aromatic ring is 1. The number of piperidine rings is 2. The number of rotatable bonds is 3. The van der Waals surface area contributed by atoms with Gasteiger partial charge in [0.15, 0.2) is 5.75 Å². The van der Waals surface area contributed by atoms with Gasteiger partial charge in [-0.05, 0) is 58.0 Å². The van der Waals surface area contributed by atoms with Gasteiger partial charge >= 0.3 is 6.09 Å². The molecule has 0 aliphatic carbocycles. The molecule has 3 rings (SSSR count). The van der Waals surface area contributed by atoms with Gasteiger partial charge in [0.1, 0.15) is 0 Å². The van der Waals surface area contributed by atoms with Gasteiger partial charge in [-0.3, -0.25) is 0 Å².